The molecule has 1 aromatic rings. The Balaban J connectivity index is 1.80. The molecule has 1 aliphatic heterocycles. The monoisotopic (exact) mass is 410 g/mol. The van der Waals surface area contributed by atoms with E-state index in [9.17, 15) is 0 Å². The van der Waals surface area contributed by atoms with Gasteiger partial charge in [0, 0.05) is 5.56 Å². The zero-order valence-electron chi connectivity index (χ0n) is 20.7. The average Bonchev–Trinajstić information content (AvgIpc) is 2.72. The van der Waals surface area contributed by atoms with Crippen molar-refractivity contribution in [2.24, 2.45) is 11.8 Å². The molecular weight excluding hydrogens is 364 g/mol. The van der Waals surface area contributed by atoms with Crippen molar-refractivity contribution in [3.05, 3.63) is 28.8 Å². The normalized spacial score (nSPS) is 23.7. The largest absolute Gasteiger partial charge is 0.486 e. The Labute approximate surface area is 186 Å². The number of ether oxygens (including phenoxy) is 1. The summed E-state index contributed by atoms with van der Waals surface area (Å²) in [6.07, 6.45) is 16.5. The van der Waals surface area contributed by atoms with Gasteiger partial charge in [0.2, 0.25) is 0 Å². The lowest BCUT2D eigenvalue weighted by Gasteiger charge is -2.52. The van der Waals surface area contributed by atoms with E-state index in [1.54, 1.807) is 0 Å². The highest BCUT2D eigenvalue weighted by Crippen LogP contribution is 2.53. The van der Waals surface area contributed by atoms with E-state index < -0.39 is 0 Å². The third-order valence-electron chi connectivity index (χ3n) is 8.51. The first-order valence-electron chi connectivity index (χ1n) is 13.0. The van der Waals surface area contributed by atoms with Crippen LogP contribution in [-0.2, 0) is 17.3 Å². The smallest absolute Gasteiger partial charge is 0.127 e. The molecule has 1 nitrogen and oxygen atoms in total. The Morgan fingerprint density at radius 3 is 1.73 bits per heavy atom. The van der Waals surface area contributed by atoms with E-state index in [-0.39, 0.29) is 16.4 Å². The maximum atomic E-state index is 7.42. The van der Waals surface area contributed by atoms with Crippen molar-refractivity contribution in [2.75, 3.05) is 0 Å². The van der Waals surface area contributed by atoms with E-state index >= 15 is 0 Å². The molecule has 4 rings (SSSR count). The fourth-order valence-corrected chi connectivity index (χ4v) is 6.65. The summed E-state index contributed by atoms with van der Waals surface area (Å²) in [4.78, 5) is 0. The second-order valence-corrected chi connectivity index (χ2v) is 12.7. The van der Waals surface area contributed by atoms with E-state index in [0.717, 1.165) is 11.8 Å². The second-order valence-electron chi connectivity index (χ2n) is 12.7. The van der Waals surface area contributed by atoms with Gasteiger partial charge in [-0.1, -0.05) is 92.2 Å². The molecule has 1 heterocycles. The molecule has 0 atom stereocenters. The number of fused-ring (bicyclic) bond motifs is 1. The first-order chi connectivity index (χ1) is 14.1. The predicted octanol–water partition coefficient (Wildman–Crippen LogP) is 8.51. The topological polar surface area (TPSA) is 9.23 Å². The van der Waals surface area contributed by atoms with Crippen LogP contribution in [0.1, 0.15) is 129 Å². The van der Waals surface area contributed by atoms with Crippen LogP contribution in [-0.4, -0.2) is 5.60 Å². The Bertz CT molecular complexity index is 715. The molecule has 3 aliphatic rings. The highest BCUT2D eigenvalue weighted by Gasteiger charge is 2.50. The number of rotatable bonds is 2. The summed E-state index contributed by atoms with van der Waals surface area (Å²) in [6.45, 7) is 14.2. The maximum Gasteiger partial charge on any atom is 0.127 e. The van der Waals surface area contributed by atoms with Gasteiger partial charge in [0.15, 0.2) is 0 Å². The Morgan fingerprint density at radius 2 is 1.27 bits per heavy atom. The average molecular weight is 411 g/mol. The summed E-state index contributed by atoms with van der Waals surface area (Å²) in [5, 5.41) is 0. The van der Waals surface area contributed by atoms with E-state index in [2.05, 4.69) is 53.7 Å². The minimum absolute atomic E-state index is 0.0943. The van der Waals surface area contributed by atoms with E-state index in [4.69, 9.17) is 4.74 Å². The molecule has 0 spiro atoms. The van der Waals surface area contributed by atoms with Crippen LogP contribution in [0.3, 0.4) is 0 Å². The molecule has 2 fully saturated rings. The molecule has 168 valence electrons. The van der Waals surface area contributed by atoms with Crippen LogP contribution in [0.4, 0.5) is 0 Å². The van der Waals surface area contributed by atoms with Gasteiger partial charge in [0.25, 0.3) is 0 Å². The predicted molar refractivity (Wildman–Crippen MR) is 129 cm³/mol. The number of hydrogen-bond acceptors (Lipinski definition) is 1. The standard InChI is InChI=1S/C29H46O/c1-27(2,3)24-19-21-17-18-29(22-13-9-7-10-14-22,23-15-11-8-12-16-23)30-26(21)25(20-24)28(4,5)6/h19-20,22-23H,7-18H2,1-6H3. The molecule has 0 N–H and O–H groups in total. The van der Waals surface area contributed by atoms with Crippen molar-refractivity contribution < 1.29 is 4.74 Å². The fourth-order valence-electron chi connectivity index (χ4n) is 6.65. The van der Waals surface area contributed by atoms with E-state index in [1.165, 1.54) is 99.5 Å². The lowest BCUT2D eigenvalue weighted by Crippen LogP contribution is -2.54. The van der Waals surface area contributed by atoms with Crippen molar-refractivity contribution >= 4 is 0 Å². The van der Waals surface area contributed by atoms with Crippen molar-refractivity contribution in [3.8, 4) is 5.75 Å². The molecule has 2 aliphatic carbocycles. The Morgan fingerprint density at radius 1 is 0.733 bits per heavy atom. The van der Waals surface area contributed by atoms with Crippen molar-refractivity contribution in [1.29, 1.82) is 0 Å². The lowest BCUT2D eigenvalue weighted by atomic mass is 9.63. The SMILES string of the molecule is CC(C)(C)c1cc2c(c(C(C)(C)C)c1)OC(C1CCCCC1)(C1CCCCC1)CC2. The number of aryl methyl sites for hydroxylation is 1. The lowest BCUT2D eigenvalue weighted by molar-refractivity contribution is -0.0845. The highest BCUT2D eigenvalue weighted by atomic mass is 16.5. The molecule has 0 unspecified atom stereocenters. The highest BCUT2D eigenvalue weighted by molar-refractivity contribution is 5.51. The zero-order valence-corrected chi connectivity index (χ0v) is 20.7. The van der Waals surface area contributed by atoms with Gasteiger partial charge in [-0.25, -0.2) is 0 Å². The van der Waals surface area contributed by atoms with Crippen LogP contribution in [0.25, 0.3) is 0 Å². The van der Waals surface area contributed by atoms with Gasteiger partial charge < -0.3 is 4.74 Å². The summed E-state index contributed by atoms with van der Waals surface area (Å²) in [7, 11) is 0. The van der Waals surface area contributed by atoms with Gasteiger partial charge in [-0.3, -0.25) is 0 Å². The Hall–Kier alpha value is -0.980. The summed E-state index contributed by atoms with van der Waals surface area (Å²) in [6, 6.07) is 4.97. The van der Waals surface area contributed by atoms with Crippen LogP contribution < -0.4 is 4.74 Å². The minimum atomic E-state index is 0.0943. The summed E-state index contributed by atoms with van der Waals surface area (Å²) in [5.41, 5.74) is 4.77. The molecule has 0 bridgehead atoms. The van der Waals surface area contributed by atoms with Crippen LogP contribution in [0.5, 0.6) is 5.75 Å². The van der Waals surface area contributed by atoms with Crippen LogP contribution >= 0.6 is 0 Å². The summed E-state index contributed by atoms with van der Waals surface area (Å²) in [5.74, 6) is 2.80. The van der Waals surface area contributed by atoms with Crippen LogP contribution in [0.15, 0.2) is 12.1 Å². The fraction of sp³-hybridized carbons (Fsp3) is 0.793. The number of benzene rings is 1. The molecule has 1 heteroatoms. The molecule has 30 heavy (non-hydrogen) atoms. The van der Waals surface area contributed by atoms with Crippen LogP contribution in [0.2, 0.25) is 0 Å². The van der Waals surface area contributed by atoms with Gasteiger partial charge in [-0.15, -0.1) is 0 Å². The van der Waals surface area contributed by atoms with Gasteiger partial charge in [-0.05, 0) is 72.3 Å². The molecule has 0 radical (unpaired) electrons. The second kappa shape index (κ2) is 8.18. The summed E-state index contributed by atoms with van der Waals surface area (Å²) < 4.78 is 7.42. The van der Waals surface area contributed by atoms with Gasteiger partial charge in [0.05, 0.1) is 0 Å². The molecule has 0 amide bonds. The zero-order chi connectivity index (χ0) is 21.6. The Kier molecular flexibility index (Phi) is 6.06. The van der Waals surface area contributed by atoms with Gasteiger partial charge in [-0.2, -0.15) is 0 Å². The quantitative estimate of drug-likeness (QED) is 0.475. The molecular formula is C29H46O. The maximum absolute atomic E-state index is 7.42. The first kappa shape index (κ1) is 22.2. The third kappa shape index (κ3) is 4.20. The van der Waals surface area contributed by atoms with Crippen molar-refractivity contribution in [3.63, 3.8) is 0 Å². The van der Waals surface area contributed by atoms with Gasteiger partial charge in [0.1, 0.15) is 11.4 Å². The molecule has 0 saturated heterocycles. The van der Waals surface area contributed by atoms with Crippen molar-refractivity contribution in [1.82, 2.24) is 0 Å². The molecule has 1 aromatic carbocycles. The van der Waals surface area contributed by atoms with E-state index in [0.29, 0.717) is 0 Å². The number of hydrogen-bond donors (Lipinski definition) is 0. The molecule has 0 aromatic heterocycles. The first-order valence-corrected chi connectivity index (χ1v) is 13.0. The van der Waals surface area contributed by atoms with Crippen molar-refractivity contribution in [2.45, 2.75) is 135 Å². The molecule has 2 saturated carbocycles. The summed E-state index contributed by atoms with van der Waals surface area (Å²) >= 11 is 0. The van der Waals surface area contributed by atoms with Crippen LogP contribution in [0, 0.1) is 11.8 Å². The minimum Gasteiger partial charge on any atom is -0.486 e. The van der Waals surface area contributed by atoms with Gasteiger partial charge >= 0.3 is 0 Å². The third-order valence-corrected chi connectivity index (χ3v) is 8.51. The van der Waals surface area contributed by atoms with E-state index in [1.807, 2.05) is 0 Å².